The second kappa shape index (κ2) is 11.0. The van der Waals surface area contributed by atoms with Gasteiger partial charge in [0.25, 0.3) is 0 Å². The molecule has 0 aromatic heterocycles. The van der Waals surface area contributed by atoms with Crippen LogP contribution in [-0.2, 0) is 11.2 Å². The number of hydrogen-bond donors (Lipinski definition) is 3. The fourth-order valence-electron chi connectivity index (χ4n) is 3.86. The summed E-state index contributed by atoms with van der Waals surface area (Å²) in [6.45, 7) is 6.43. The lowest BCUT2D eigenvalue weighted by molar-refractivity contribution is -0.119. The number of carbonyl (C=O) groups is 1. The van der Waals surface area contributed by atoms with Crippen LogP contribution in [0.15, 0.2) is 36.4 Å². The summed E-state index contributed by atoms with van der Waals surface area (Å²) < 4.78 is 38.8. The van der Waals surface area contributed by atoms with E-state index in [0.717, 1.165) is 29.5 Å². The van der Waals surface area contributed by atoms with E-state index in [9.17, 15) is 13.6 Å². The van der Waals surface area contributed by atoms with Gasteiger partial charge in [-0.15, -0.1) is 0 Å². The molecule has 2 N–H and O–H groups in total. The van der Waals surface area contributed by atoms with Gasteiger partial charge in [0.2, 0.25) is 5.91 Å². The molecule has 1 amide bonds. The Bertz CT molecular complexity index is 921. The number of rotatable bonds is 9. The van der Waals surface area contributed by atoms with Crippen molar-refractivity contribution >= 4 is 18.5 Å². The maximum Gasteiger partial charge on any atom is 0.217 e. The van der Waals surface area contributed by atoms with Crippen LogP contribution in [0.1, 0.15) is 44.4 Å². The van der Waals surface area contributed by atoms with Crippen LogP contribution in [0.5, 0.6) is 11.5 Å². The van der Waals surface area contributed by atoms with Crippen LogP contribution in [0.3, 0.4) is 0 Å². The Morgan fingerprint density at radius 2 is 1.94 bits per heavy atom. The van der Waals surface area contributed by atoms with E-state index in [2.05, 4.69) is 10.6 Å². The molecule has 1 aliphatic rings. The van der Waals surface area contributed by atoms with Gasteiger partial charge in [-0.2, -0.15) is 12.6 Å². The van der Waals surface area contributed by atoms with Gasteiger partial charge in [-0.1, -0.05) is 0 Å². The molecular formula is C24H30F2N2O3S. The van der Waals surface area contributed by atoms with Crippen LogP contribution in [0.4, 0.5) is 8.78 Å². The predicted molar refractivity (Wildman–Crippen MR) is 124 cm³/mol. The van der Waals surface area contributed by atoms with E-state index in [-0.39, 0.29) is 29.7 Å². The number of benzene rings is 2. The number of amides is 1. The highest BCUT2D eigenvalue weighted by Crippen LogP contribution is 2.35. The third-order valence-electron chi connectivity index (χ3n) is 5.20. The minimum atomic E-state index is -0.645. The number of nitrogens with one attached hydrogen (secondary N) is 2. The first-order valence-corrected chi connectivity index (χ1v) is 11.3. The molecular weight excluding hydrogens is 434 g/mol. The Kier molecular flexibility index (Phi) is 8.37. The second-order valence-electron chi connectivity index (χ2n) is 8.32. The van der Waals surface area contributed by atoms with Gasteiger partial charge in [-0.05, 0) is 56.2 Å². The van der Waals surface area contributed by atoms with E-state index in [4.69, 9.17) is 22.1 Å². The van der Waals surface area contributed by atoms with Crippen molar-refractivity contribution in [1.29, 1.82) is 0 Å². The monoisotopic (exact) mass is 464 g/mol. The zero-order chi connectivity index (χ0) is 23.3. The minimum absolute atomic E-state index is 0.0358. The molecule has 0 saturated heterocycles. The van der Waals surface area contributed by atoms with Gasteiger partial charge in [-0.25, -0.2) is 8.78 Å². The number of halogens is 2. The van der Waals surface area contributed by atoms with Crippen molar-refractivity contribution in [3.63, 3.8) is 0 Å². The van der Waals surface area contributed by atoms with E-state index in [1.165, 1.54) is 19.1 Å². The molecule has 0 radical (unpaired) electrons. The summed E-state index contributed by atoms with van der Waals surface area (Å²) in [5.74, 6) is 0.0806. The summed E-state index contributed by atoms with van der Waals surface area (Å²) >= 11 is 4.70. The lowest BCUT2D eigenvalue weighted by atomic mass is 9.98. The van der Waals surface area contributed by atoms with E-state index in [1.807, 2.05) is 32.0 Å². The third kappa shape index (κ3) is 6.84. The van der Waals surface area contributed by atoms with E-state index < -0.39 is 17.7 Å². The second-order valence-corrected chi connectivity index (χ2v) is 8.98. The molecule has 0 saturated carbocycles. The van der Waals surface area contributed by atoms with Crippen molar-refractivity contribution in [3.8, 4) is 11.5 Å². The SMILES string of the molecule is CC(=O)NC(Cc1cc(F)cc(F)c1)C(S)CNC1CCOc2ccc(OC(C)C)cc21. The number of ether oxygens (including phenoxy) is 2. The largest absolute Gasteiger partial charge is 0.493 e. The summed E-state index contributed by atoms with van der Waals surface area (Å²) in [6, 6.07) is 8.81. The molecule has 174 valence electrons. The Hall–Kier alpha value is -2.32. The minimum Gasteiger partial charge on any atom is -0.493 e. The summed E-state index contributed by atoms with van der Waals surface area (Å²) in [7, 11) is 0. The molecule has 3 atom stereocenters. The first kappa shape index (κ1) is 24.3. The van der Waals surface area contributed by atoms with Crippen LogP contribution in [-0.4, -0.2) is 36.5 Å². The Balaban J connectivity index is 1.69. The molecule has 8 heteroatoms. The summed E-state index contributed by atoms with van der Waals surface area (Å²) in [6.07, 6.45) is 1.11. The normalized spacial score (nSPS) is 17.3. The number of hydrogen-bond acceptors (Lipinski definition) is 5. The topological polar surface area (TPSA) is 59.6 Å². The lowest BCUT2D eigenvalue weighted by Gasteiger charge is -2.30. The first-order valence-electron chi connectivity index (χ1n) is 10.8. The van der Waals surface area contributed by atoms with E-state index >= 15 is 0 Å². The maximum absolute atomic E-state index is 13.6. The van der Waals surface area contributed by atoms with Crippen LogP contribution >= 0.6 is 12.6 Å². The average Bonchev–Trinajstić information content (AvgIpc) is 2.70. The fourth-order valence-corrected chi connectivity index (χ4v) is 4.15. The molecule has 0 aliphatic carbocycles. The average molecular weight is 465 g/mol. The zero-order valence-corrected chi connectivity index (χ0v) is 19.4. The zero-order valence-electron chi connectivity index (χ0n) is 18.5. The fraction of sp³-hybridized carbons (Fsp3) is 0.458. The van der Waals surface area contributed by atoms with Crippen molar-refractivity contribution in [2.45, 2.75) is 57.1 Å². The van der Waals surface area contributed by atoms with Gasteiger partial charge in [0, 0.05) is 48.9 Å². The molecule has 3 rings (SSSR count). The Labute approximate surface area is 193 Å². The maximum atomic E-state index is 13.6. The number of carbonyl (C=O) groups excluding carboxylic acids is 1. The van der Waals surface area contributed by atoms with Gasteiger partial charge in [-0.3, -0.25) is 4.79 Å². The molecule has 3 unspecified atom stereocenters. The van der Waals surface area contributed by atoms with Gasteiger partial charge < -0.3 is 20.1 Å². The first-order chi connectivity index (χ1) is 15.2. The van der Waals surface area contributed by atoms with Crippen molar-refractivity contribution in [2.24, 2.45) is 0 Å². The van der Waals surface area contributed by atoms with Crippen LogP contribution < -0.4 is 20.1 Å². The number of thiol groups is 1. The molecule has 2 aromatic carbocycles. The summed E-state index contributed by atoms with van der Waals surface area (Å²) in [4.78, 5) is 11.7. The van der Waals surface area contributed by atoms with Gasteiger partial charge in [0.05, 0.1) is 12.7 Å². The quantitative estimate of drug-likeness (QED) is 0.487. The van der Waals surface area contributed by atoms with Gasteiger partial charge in [0.15, 0.2) is 0 Å². The molecule has 0 fully saturated rings. The van der Waals surface area contributed by atoms with E-state index in [0.29, 0.717) is 18.7 Å². The molecule has 2 aromatic rings. The van der Waals surface area contributed by atoms with Crippen LogP contribution in [0.25, 0.3) is 0 Å². The van der Waals surface area contributed by atoms with Gasteiger partial charge >= 0.3 is 0 Å². The van der Waals surface area contributed by atoms with Crippen molar-refractivity contribution < 1.29 is 23.0 Å². The lowest BCUT2D eigenvalue weighted by Crippen LogP contribution is -2.46. The van der Waals surface area contributed by atoms with Gasteiger partial charge in [0.1, 0.15) is 23.1 Å². The highest BCUT2D eigenvalue weighted by Gasteiger charge is 2.25. The standard InChI is InChI=1S/C24H30F2N2O3S/c1-14(2)31-19-4-5-23-20(12-19)21(6-7-30-23)27-13-24(32)22(28-15(3)29)10-16-8-17(25)11-18(26)9-16/h4-5,8-9,11-12,14,21-22,24,27,32H,6-7,10,13H2,1-3H3,(H,28,29). The van der Waals surface area contributed by atoms with E-state index in [1.54, 1.807) is 0 Å². The smallest absolute Gasteiger partial charge is 0.217 e. The highest BCUT2D eigenvalue weighted by atomic mass is 32.1. The summed E-state index contributed by atoms with van der Waals surface area (Å²) in [5.41, 5.74) is 1.48. The van der Waals surface area contributed by atoms with Crippen LogP contribution in [0.2, 0.25) is 0 Å². The van der Waals surface area contributed by atoms with Crippen molar-refractivity contribution in [3.05, 3.63) is 59.2 Å². The Morgan fingerprint density at radius 1 is 1.22 bits per heavy atom. The summed E-state index contributed by atoms with van der Waals surface area (Å²) in [5, 5.41) is 6.08. The van der Waals surface area contributed by atoms with Crippen molar-refractivity contribution in [2.75, 3.05) is 13.2 Å². The van der Waals surface area contributed by atoms with Crippen LogP contribution in [0, 0.1) is 11.6 Å². The molecule has 0 spiro atoms. The third-order valence-corrected chi connectivity index (χ3v) is 5.74. The van der Waals surface area contributed by atoms with Crippen molar-refractivity contribution in [1.82, 2.24) is 10.6 Å². The molecule has 1 aliphatic heterocycles. The highest BCUT2D eigenvalue weighted by molar-refractivity contribution is 7.81. The Morgan fingerprint density at radius 3 is 2.59 bits per heavy atom. The predicted octanol–water partition coefficient (Wildman–Crippen LogP) is 4.21. The molecule has 0 bridgehead atoms. The molecule has 5 nitrogen and oxygen atoms in total. The number of fused-ring (bicyclic) bond motifs is 1. The molecule has 32 heavy (non-hydrogen) atoms. The molecule has 1 heterocycles.